The molecule has 1 aromatic rings. The number of hydrogen-bond donors (Lipinski definition) is 2. The number of hydrogen-bond acceptors (Lipinski definition) is 4. The van der Waals surface area contributed by atoms with Crippen LogP contribution in [0.4, 0.5) is 0 Å². The van der Waals surface area contributed by atoms with Gasteiger partial charge in [-0.05, 0) is 19.8 Å². The Morgan fingerprint density at radius 1 is 1.33 bits per heavy atom. The molecule has 1 aliphatic rings. The number of amides is 1. The van der Waals surface area contributed by atoms with E-state index in [1.54, 1.807) is 12.4 Å². The van der Waals surface area contributed by atoms with Gasteiger partial charge in [-0.15, -0.1) is 0 Å². The lowest BCUT2D eigenvalue weighted by Gasteiger charge is -2.11. The molecule has 5 nitrogen and oxygen atoms in total. The summed E-state index contributed by atoms with van der Waals surface area (Å²) in [7, 11) is 0. The lowest BCUT2D eigenvalue weighted by molar-refractivity contribution is -0.120. The fourth-order valence-corrected chi connectivity index (χ4v) is 2.13. The van der Waals surface area contributed by atoms with Crippen molar-refractivity contribution in [2.45, 2.75) is 45.2 Å². The van der Waals surface area contributed by atoms with E-state index in [2.05, 4.69) is 20.6 Å². The number of carbonyl (C=O) groups is 1. The molecular formula is C13H20N4O. The van der Waals surface area contributed by atoms with Gasteiger partial charge in [0.1, 0.15) is 0 Å². The van der Waals surface area contributed by atoms with Crippen LogP contribution in [-0.2, 0) is 11.3 Å². The van der Waals surface area contributed by atoms with Crippen molar-refractivity contribution in [2.24, 2.45) is 0 Å². The summed E-state index contributed by atoms with van der Waals surface area (Å²) in [4.78, 5) is 19.9. The third-order valence-electron chi connectivity index (χ3n) is 3.21. The average Bonchev–Trinajstić information content (AvgIpc) is 2.89. The molecule has 98 valence electrons. The first kappa shape index (κ1) is 13.0. The van der Waals surface area contributed by atoms with Crippen molar-refractivity contribution in [3.05, 3.63) is 23.8 Å². The second-order valence-corrected chi connectivity index (χ2v) is 4.79. The minimum Gasteiger partial charge on any atom is -0.349 e. The van der Waals surface area contributed by atoms with Gasteiger partial charge in [0.15, 0.2) is 0 Å². The van der Waals surface area contributed by atoms with Crippen LogP contribution >= 0.6 is 0 Å². The highest BCUT2D eigenvalue weighted by Gasteiger charge is 2.15. The van der Waals surface area contributed by atoms with Gasteiger partial charge in [0.05, 0.1) is 30.7 Å². The van der Waals surface area contributed by atoms with Crippen LogP contribution in [0, 0.1) is 6.92 Å². The standard InChI is InChI=1S/C13H20N4O/c1-10-6-15-12(7-14-10)8-17-13(18)9-16-11-4-2-3-5-11/h6-7,11,16H,2-5,8-9H2,1H3,(H,17,18). The molecule has 1 saturated carbocycles. The van der Waals surface area contributed by atoms with Crippen molar-refractivity contribution in [1.82, 2.24) is 20.6 Å². The third-order valence-corrected chi connectivity index (χ3v) is 3.21. The van der Waals surface area contributed by atoms with E-state index in [0.29, 0.717) is 19.1 Å². The highest BCUT2D eigenvalue weighted by molar-refractivity contribution is 5.77. The van der Waals surface area contributed by atoms with E-state index >= 15 is 0 Å². The molecule has 1 aliphatic carbocycles. The van der Waals surface area contributed by atoms with Crippen LogP contribution in [0.1, 0.15) is 37.1 Å². The zero-order valence-corrected chi connectivity index (χ0v) is 10.8. The Kier molecular flexibility index (Phi) is 4.64. The summed E-state index contributed by atoms with van der Waals surface area (Å²) in [6, 6.07) is 0.523. The summed E-state index contributed by atoms with van der Waals surface area (Å²) in [5.74, 6) is 0.0178. The molecule has 0 aliphatic heterocycles. The highest BCUT2D eigenvalue weighted by Crippen LogP contribution is 2.17. The van der Waals surface area contributed by atoms with Crippen molar-refractivity contribution < 1.29 is 4.79 Å². The monoisotopic (exact) mass is 248 g/mol. The minimum atomic E-state index is 0.0178. The van der Waals surface area contributed by atoms with Crippen LogP contribution < -0.4 is 10.6 Å². The van der Waals surface area contributed by atoms with E-state index in [1.165, 1.54) is 25.7 Å². The van der Waals surface area contributed by atoms with Crippen molar-refractivity contribution in [1.29, 1.82) is 0 Å². The molecule has 1 fully saturated rings. The Hall–Kier alpha value is -1.49. The van der Waals surface area contributed by atoms with Gasteiger partial charge in [0.2, 0.25) is 5.91 Å². The lowest BCUT2D eigenvalue weighted by Crippen LogP contribution is -2.37. The molecule has 2 rings (SSSR count). The first-order valence-corrected chi connectivity index (χ1v) is 6.51. The van der Waals surface area contributed by atoms with Gasteiger partial charge in [-0.25, -0.2) is 0 Å². The zero-order valence-electron chi connectivity index (χ0n) is 10.8. The molecule has 0 saturated heterocycles. The van der Waals surface area contributed by atoms with Gasteiger partial charge in [0.25, 0.3) is 0 Å². The topological polar surface area (TPSA) is 66.9 Å². The first-order chi connectivity index (χ1) is 8.74. The molecule has 5 heteroatoms. The molecular weight excluding hydrogens is 228 g/mol. The van der Waals surface area contributed by atoms with Gasteiger partial charge in [-0.3, -0.25) is 14.8 Å². The van der Waals surface area contributed by atoms with Crippen molar-refractivity contribution >= 4 is 5.91 Å². The molecule has 18 heavy (non-hydrogen) atoms. The molecule has 0 spiro atoms. The smallest absolute Gasteiger partial charge is 0.234 e. The van der Waals surface area contributed by atoms with E-state index in [4.69, 9.17) is 0 Å². The highest BCUT2D eigenvalue weighted by atomic mass is 16.1. The summed E-state index contributed by atoms with van der Waals surface area (Å²) in [5, 5.41) is 6.12. The van der Waals surface area contributed by atoms with Gasteiger partial charge < -0.3 is 10.6 Å². The van der Waals surface area contributed by atoms with Crippen molar-refractivity contribution in [2.75, 3.05) is 6.54 Å². The Morgan fingerprint density at radius 3 is 2.78 bits per heavy atom. The van der Waals surface area contributed by atoms with E-state index in [9.17, 15) is 4.79 Å². The summed E-state index contributed by atoms with van der Waals surface area (Å²) in [5.41, 5.74) is 1.67. The third kappa shape index (κ3) is 4.07. The number of rotatable bonds is 5. The summed E-state index contributed by atoms with van der Waals surface area (Å²) < 4.78 is 0. The lowest BCUT2D eigenvalue weighted by atomic mass is 10.2. The zero-order chi connectivity index (χ0) is 12.8. The van der Waals surface area contributed by atoms with Gasteiger partial charge >= 0.3 is 0 Å². The van der Waals surface area contributed by atoms with Gasteiger partial charge in [0, 0.05) is 12.2 Å². The fraction of sp³-hybridized carbons (Fsp3) is 0.615. The maximum Gasteiger partial charge on any atom is 0.234 e. The maximum absolute atomic E-state index is 11.6. The normalized spacial score (nSPS) is 15.8. The first-order valence-electron chi connectivity index (χ1n) is 6.51. The SMILES string of the molecule is Cc1cnc(CNC(=O)CNC2CCCC2)cn1. The summed E-state index contributed by atoms with van der Waals surface area (Å²) in [6.45, 7) is 2.73. The Labute approximate surface area is 107 Å². The summed E-state index contributed by atoms with van der Waals surface area (Å²) >= 11 is 0. The quantitative estimate of drug-likeness (QED) is 0.813. The van der Waals surface area contributed by atoms with E-state index in [-0.39, 0.29) is 5.91 Å². The molecule has 1 heterocycles. The van der Waals surface area contributed by atoms with E-state index in [1.807, 2.05) is 6.92 Å². The Balaban J connectivity index is 1.66. The van der Waals surface area contributed by atoms with Gasteiger partial charge in [-0.1, -0.05) is 12.8 Å². The van der Waals surface area contributed by atoms with E-state index in [0.717, 1.165) is 11.4 Å². The minimum absolute atomic E-state index is 0.0178. The second-order valence-electron chi connectivity index (χ2n) is 4.79. The number of aromatic nitrogens is 2. The van der Waals surface area contributed by atoms with Crippen LogP contribution in [0.5, 0.6) is 0 Å². The van der Waals surface area contributed by atoms with Crippen LogP contribution in [0.3, 0.4) is 0 Å². The van der Waals surface area contributed by atoms with Crippen molar-refractivity contribution in [3.63, 3.8) is 0 Å². The Morgan fingerprint density at radius 2 is 2.11 bits per heavy atom. The van der Waals surface area contributed by atoms with E-state index < -0.39 is 0 Å². The summed E-state index contributed by atoms with van der Waals surface area (Å²) in [6.07, 6.45) is 8.34. The number of nitrogens with one attached hydrogen (secondary N) is 2. The van der Waals surface area contributed by atoms with Crippen LogP contribution in [-0.4, -0.2) is 28.5 Å². The second kappa shape index (κ2) is 6.44. The molecule has 1 aromatic heterocycles. The molecule has 0 bridgehead atoms. The number of aryl methyl sites for hydroxylation is 1. The Bertz CT molecular complexity index is 384. The van der Waals surface area contributed by atoms with Crippen LogP contribution in [0.2, 0.25) is 0 Å². The largest absolute Gasteiger partial charge is 0.349 e. The molecule has 0 radical (unpaired) electrons. The van der Waals surface area contributed by atoms with Crippen LogP contribution in [0.25, 0.3) is 0 Å². The predicted molar refractivity (Wildman–Crippen MR) is 68.9 cm³/mol. The molecule has 0 atom stereocenters. The number of carbonyl (C=O) groups excluding carboxylic acids is 1. The molecule has 2 N–H and O–H groups in total. The fourth-order valence-electron chi connectivity index (χ4n) is 2.13. The molecule has 0 unspecified atom stereocenters. The predicted octanol–water partition coefficient (Wildman–Crippen LogP) is 0.933. The average molecular weight is 248 g/mol. The number of nitrogens with zero attached hydrogens (tertiary/aromatic N) is 2. The maximum atomic E-state index is 11.6. The van der Waals surface area contributed by atoms with Crippen molar-refractivity contribution in [3.8, 4) is 0 Å². The van der Waals surface area contributed by atoms with Crippen LogP contribution in [0.15, 0.2) is 12.4 Å². The molecule has 0 aromatic carbocycles. The van der Waals surface area contributed by atoms with Gasteiger partial charge in [-0.2, -0.15) is 0 Å². The molecule has 1 amide bonds.